The van der Waals surface area contributed by atoms with Gasteiger partial charge < -0.3 is 8.94 Å². The molecule has 3 heterocycles. The average Bonchev–Trinajstić information content (AvgIpc) is 3.03. The van der Waals surface area contributed by atoms with Crippen LogP contribution in [0.4, 0.5) is 0 Å². The maximum Gasteiger partial charge on any atom is 0.280 e. The van der Waals surface area contributed by atoms with Crippen molar-refractivity contribution < 1.29 is 17.4 Å². The Hall–Kier alpha value is -1.71. The van der Waals surface area contributed by atoms with Gasteiger partial charge in [-0.3, -0.25) is 0 Å². The van der Waals surface area contributed by atoms with E-state index in [1.54, 1.807) is 18.4 Å². The van der Waals surface area contributed by atoms with Crippen molar-refractivity contribution in [3.05, 3.63) is 35.9 Å². The molecule has 4 rings (SSSR count). The molecule has 2 fully saturated rings. The van der Waals surface area contributed by atoms with Crippen molar-refractivity contribution in [2.45, 2.75) is 44.2 Å². The lowest BCUT2D eigenvalue weighted by Gasteiger charge is -2.22. The fraction of sp³-hybridized carbons (Fsp3) is 0.571. The van der Waals surface area contributed by atoms with Gasteiger partial charge in [-0.25, -0.2) is 0 Å². The number of hydrogen-bond acceptors (Lipinski definition) is 6. The van der Waals surface area contributed by atoms with Crippen LogP contribution in [0.3, 0.4) is 0 Å². The van der Waals surface area contributed by atoms with E-state index in [9.17, 15) is 8.42 Å². The number of rotatable bonds is 6. The molecule has 0 radical (unpaired) electrons. The molecule has 23 heavy (non-hydrogen) atoms. The highest BCUT2D eigenvalue weighted by Gasteiger charge is 2.37. The molecule has 1 aliphatic carbocycles. The van der Waals surface area contributed by atoms with E-state index < -0.39 is 10.2 Å². The molecule has 1 aliphatic heterocycles. The lowest BCUT2D eigenvalue weighted by Crippen LogP contribution is -2.39. The summed E-state index contributed by atoms with van der Waals surface area (Å²) < 4.78 is 39.5. The first-order chi connectivity index (χ1) is 11.1. The summed E-state index contributed by atoms with van der Waals surface area (Å²) in [6.45, 7) is 0.473. The second kappa shape index (κ2) is 5.73. The van der Waals surface area contributed by atoms with Gasteiger partial charge in [0.1, 0.15) is 5.76 Å². The maximum absolute atomic E-state index is 12.5. The highest BCUT2D eigenvalue weighted by molar-refractivity contribution is 7.87. The predicted molar refractivity (Wildman–Crippen MR) is 79.4 cm³/mol. The molecule has 0 unspecified atom stereocenters. The van der Waals surface area contributed by atoms with E-state index >= 15 is 0 Å². The first kappa shape index (κ1) is 14.9. The first-order valence-electron chi connectivity index (χ1n) is 7.76. The first-order valence-corrected chi connectivity index (χ1v) is 9.20. The summed E-state index contributed by atoms with van der Waals surface area (Å²) in [5.41, 5.74) is 0. The Balaban J connectivity index is 1.44. The quantitative estimate of drug-likeness (QED) is 0.860. The van der Waals surface area contributed by atoms with Crippen molar-refractivity contribution in [2.75, 3.05) is 6.54 Å². The Kier molecular flexibility index (Phi) is 3.70. The third kappa shape index (κ3) is 3.04. The zero-order valence-electron chi connectivity index (χ0n) is 12.5. The maximum atomic E-state index is 12.5. The normalized spacial score (nSPS) is 22.7. The van der Waals surface area contributed by atoms with Gasteiger partial charge in [0.15, 0.2) is 5.82 Å². The summed E-state index contributed by atoms with van der Waals surface area (Å²) >= 11 is 0. The van der Waals surface area contributed by atoms with Gasteiger partial charge in [-0.15, -0.1) is 0 Å². The number of aromatic nitrogens is 2. The van der Waals surface area contributed by atoms with Crippen LogP contribution >= 0.6 is 0 Å². The van der Waals surface area contributed by atoms with Gasteiger partial charge in [0.2, 0.25) is 5.89 Å². The van der Waals surface area contributed by atoms with E-state index in [4.69, 9.17) is 8.94 Å². The predicted octanol–water partition coefficient (Wildman–Crippen LogP) is 1.71. The Bertz CT molecular complexity index is 767. The van der Waals surface area contributed by atoms with Crippen LogP contribution in [0.2, 0.25) is 0 Å². The molecule has 2 aromatic heterocycles. The van der Waals surface area contributed by atoms with Crippen LogP contribution in [0, 0.1) is 0 Å². The minimum Gasteiger partial charge on any atom is -0.468 e. The molecule has 2 aliphatic rings. The molecule has 124 valence electrons. The highest BCUT2D eigenvalue weighted by Crippen LogP contribution is 2.38. The summed E-state index contributed by atoms with van der Waals surface area (Å²) in [5, 5.41) is 3.88. The second-order valence-corrected chi connectivity index (χ2v) is 7.64. The van der Waals surface area contributed by atoms with Gasteiger partial charge in [0.05, 0.1) is 18.8 Å². The summed E-state index contributed by atoms with van der Waals surface area (Å²) in [6, 6.07) is 3.31. The van der Waals surface area contributed by atoms with Crippen LogP contribution in [-0.2, 0) is 16.8 Å². The lowest BCUT2D eigenvalue weighted by molar-refractivity contribution is 0.331. The van der Waals surface area contributed by atoms with Crippen LogP contribution in [0.15, 0.2) is 27.3 Å². The van der Waals surface area contributed by atoms with Crippen molar-refractivity contribution >= 4 is 10.2 Å². The fourth-order valence-corrected chi connectivity index (χ4v) is 4.26. The van der Waals surface area contributed by atoms with E-state index in [1.807, 2.05) is 0 Å². The van der Waals surface area contributed by atoms with Gasteiger partial charge in [-0.2, -0.15) is 22.4 Å². The zero-order valence-corrected chi connectivity index (χ0v) is 13.3. The Morgan fingerprint density at radius 2 is 2.22 bits per heavy atom. The lowest BCUT2D eigenvalue weighted by atomic mass is 10.2. The number of nitrogens with zero attached hydrogens (tertiary/aromatic N) is 3. The van der Waals surface area contributed by atoms with Crippen LogP contribution in [0.5, 0.6) is 0 Å². The van der Waals surface area contributed by atoms with E-state index in [0.717, 1.165) is 25.7 Å². The Labute approximate surface area is 134 Å². The van der Waals surface area contributed by atoms with E-state index in [2.05, 4.69) is 14.9 Å². The van der Waals surface area contributed by atoms with Gasteiger partial charge in [-0.05, 0) is 37.8 Å². The SMILES string of the molecule is O=S(=O)(NCc1nc(C2CC2)no1)N1CCC[C@H]1c1ccco1. The van der Waals surface area contributed by atoms with Gasteiger partial charge in [0, 0.05) is 12.5 Å². The average molecular weight is 338 g/mol. The van der Waals surface area contributed by atoms with Crippen molar-refractivity contribution in [3.63, 3.8) is 0 Å². The molecular formula is C14H18N4O4S. The Morgan fingerprint density at radius 3 is 2.96 bits per heavy atom. The standard InChI is InChI=1S/C14H18N4O4S/c19-23(20,15-9-13-16-14(17-22-13)10-5-6-10)18-7-1-3-11(18)12-4-2-8-21-12/h2,4,8,10-11,15H,1,3,5-7,9H2/t11-/m0/s1. The van der Waals surface area contributed by atoms with Crippen molar-refractivity contribution in [3.8, 4) is 0 Å². The summed E-state index contributed by atoms with van der Waals surface area (Å²) in [5.74, 6) is 2.02. The second-order valence-electron chi connectivity index (χ2n) is 5.93. The molecule has 2 aromatic rings. The molecule has 0 bridgehead atoms. The van der Waals surface area contributed by atoms with Gasteiger partial charge >= 0.3 is 0 Å². The summed E-state index contributed by atoms with van der Waals surface area (Å²) in [4.78, 5) is 4.23. The van der Waals surface area contributed by atoms with E-state index in [0.29, 0.717) is 29.9 Å². The molecule has 1 N–H and O–H groups in total. The Morgan fingerprint density at radius 1 is 1.35 bits per heavy atom. The molecule has 1 saturated heterocycles. The molecule has 0 amide bonds. The van der Waals surface area contributed by atoms with Crippen molar-refractivity contribution in [1.82, 2.24) is 19.2 Å². The number of furan rings is 1. The van der Waals surface area contributed by atoms with E-state index in [1.165, 1.54) is 4.31 Å². The molecule has 9 heteroatoms. The smallest absolute Gasteiger partial charge is 0.280 e. The minimum absolute atomic E-state index is 0.00340. The van der Waals surface area contributed by atoms with Crippen molar-refractivity contribution in [2.24, 2.45) is 0 Å². The van der Waals surface area contributed by atoms with E-state index in [-0.39, 0.29) is 12.6 Å². The third-order valence-corrected chi connectivity index (χ3v) is 5.78. The zero-order chi connectivity index (χ0) is 15.9. The molecule has 8 nitrogen and oxygen atoms in total. The van der Waals surface area contributed by atoms with Gasteiger partial charge in [-0.1, -0.05) is 5.16 Å². The van der Waals surface area contributed by atoms with Crippen LogP contribution in [0.25, 0.3) is 0 Å². The van der Waals surface area contributed by atoms with Crippen LogP contribution in [-0.4, -0.2) is 29.4 Å². The molecule has 0 aromatic carbocycles. The molecular weight excluding hydrogens is 320 g/mol. The third-order valence-electron chi connectivity index (χ3n) is 4.22. The molecule has 0 spiro atoms. The van der Waals surface area contributed by atoms with Crippen molar-refractivity contribution in [1.29, 1.82) is 0 Å². The van der Waals surface area contributed by atoms with Gasteiger partial charge in [0.25, 0.3) is 10.2 Å². The summed E-state index contributed by atoms with van der Waals surface area (Å²) in [7, 11) is -3.63. The topological polar surface area (TPSA) is 101 Å². The monoisotopic (exact) mass is 338 g/mol. The number of nitrogens with one attached hydrogen (secondary N) is 1. The van der Waals surface area contributed by atoms with Crippen LogP contribution < -0.4 is 4.72 Å². The molecule has 1 atom stereocenters. The molecule has 1 saturated carbocycles. The largest absolute Gasteiger partial charge is 0.468 e. The fourth-order valence-electron chi connectivity index (χ4n) is 2.88. The summed E-state index contributed by atoms with van der Waals surface area (Å²) in [6.07, 6.45) is 5.26. The van der Waals surface area contributed by atoms with Crippen LogP contribution in [0.1, 0.15) is 55.1 Å². The highest BCUT2D eigenvalue weighted by atomic mass is 32.2. The number of hydrogen-bond donors (Lipinski definition) is 1. The minimum atomic E-state index is -3.63.